The van der Waals surface area contributed by atoms with Crippen molar-refractivity contribution in [2.24, 2.45) is 39.4 Å². The summed E-state index contributed by atoms with van der Waals surface area (Å²) in [6.07, 6.45) is 2.33. The minimum Gasteiger partial charge on any atom is -0.505 e. The summed E-state index contributed by atoms with van der Waals surface area (Å²) in [5.74, 6) is -3.66. The topological polar surface area (TPSA) is 186 Å². The van der Waals surface area contributed by atoms with Crippen LogP contribution in [0.5, 0.6) is 0 Å². The molecule has 3 fully saturated rings. The maximum absolute atomic E-state index is 14.0. The van der Waals surface area contributed by atoms with E-state index in [1.54, 1.807) is 6.08 Å². The van der Waals surface area contributed by atoms with Crippen LogP contribution in [0.15, 0.2) is 35.6 Å². The smallest absolute Gasteiger partial charge is 0.303 e. The van der Waals surface area contributed by atoms with E-state index in [2.05, 4.69) is 26.8 Å². The molecule has 4 N–H and O–H groups in total. The predicted octanol–water partition coefficient (Wildman–Crippen LogP) is 4.05. The van der Waals surface area contributed by atoms with Crippen LogP contribution in [0.4, 0.5) is 0 Å². The van der Waals surface area contributed by atoms with Crippen LogP contribution >= 0.6 is 0 Å². The van der Waals surface area contributed by atoms with Gasteiger partial charge >= 0.3 is 11.9 Å². The Balaban J connectivity index is 1.60. The Kier molecular flexibility index (Phi) is 9.94. The van der Waals surface area contributed by atoms with Crippen LogP contribution in [-0.2, 0) is 38.1 Å². The van der Waals surface area contributed by atoms with Gasteiger partial charge in [-0.05, 0) is 94.6 Å². The summed E-state index contributed by atoms with van der Waals surface area (Å²) in [7, 11) is 0. The highest BCUT2D eigenvalue weighted by Crippen LogP contribution is 2.75. The summed E-state index contributed by atoms with van der Waals surface area (Å²) in [6, 6.07) is 0. The number of carbonyl (C=O) groups is 4. The molecule has 4 aliphatic carbocycles. The largest absolute Gasteiger partial charge is 0.505 e. The quantitative estimate of drug-likeness (QED) is 0.161. The fourth-order valence-corrected chi connectivity index (χ4v) is 10.6. The standard InChI is InChI=1S/C39H56O12/c1-20(40)49-26-19-48-33(30(29(26)44)50-21(2)41)51-25-18-38(9)27-12-11-22-23(17-24(42)32(45)35(22,5)6)36(27,7)15-16-37(38,8)31(25)39(10,47)28(43)13-14-34(3,4)46/h11,13-14,17,23,25-27,29-31,33,42,44,46-47H,12,15-16,18-19H2,1-10H3/b14-13+/t23-,25-,26+,27-,29-,30+,31+,33-,36+,37-,38+,39-/m1/s1. The lowest BCUT2D eigenvalue weighted by atomic mass is 9.39. The molecule has 12 atom stereocenters. The van der Waals surface area contributed by atoms with Gasteiger partial charge in [0.15, 0.2) is 30.0 Å². The number of aliphatic hydroxyl groups excluding tert-OH is 2. The third-order valence-electron chi connectivity index (χ3n) is 13.3. The molecule has 0 amide bonds. The van der Waals surface area contributed by atoms with Crippen LogP contribution in [0.25, 0.3) is 0 Å². The lowest BCUT2D eigenvalue weighted by molar-refractivity contribution is -0.296. The number of esters is 2. The number of carbonyl (C=O) groups excluding carboxylic acids is 4. The van der Waals surface area contributed by atoms with Gasteiger partial charge in [0.1, 0.15) is 11.7 Å². The molecule has 0 aromatic heterocycles. The van der Waals surface area contributed by atoms with Gasteiger partial charge in [0.05, 0.1) is 23.7 Å². The molecule has 0 spiro atoms. The third-order valence-corrected chi connectivity index (χ3v) is 13.3. The first-order chi connectivity index (χ1) is 23.3. The molecule has 0 aromatic carbocycles. The van der Waals surface area contributed by atoms with E-state index in [-0.39, 0.29) is 30.0 Å². The van der Waals surface area contributed by atoms with E-state index in [9.17, 15) is 39.6 Å². The van der Waals surface area contributed by atoms with Gasteiger partial charge in [0.2, 0.25) is 5.78 Å². The second-order valence-electron chi connectivity index (χ2n) is 17.5. The lowest BCUT2D eigenvalue weighted by Crippen LogP contribution is -2.61. The minimum atomic E-state index is -2.01. The molecule has 12 heteroatoms. The highest BCUT2D eigenvalue weighted by atomic mass is 16.7. The first-order valence-corrected chi connectivity index (χ1v) is 18.0. The molecule has 5 aliphatic rings. The summed E-state index contributed by atoms with van der Waals surface area (Å²) in [4.78, 5) is 51.0. The SMILES string of the molecule is CC(=O)O[C@@H]1[C@@H](O[C@@H]2C[C@@]3(C)[C@@H]4CC=C5[C@@H](C=C(O)C(=O)C5(C)C)[C@]4(C)CC[C@]3(C)[C@H]2[C@](C)(O)C(=O)/C=C/C(C)(C)O)OC[C@H](OC(C)=O)[C@H]1O. The van der Waals surface area contributed by atoms with Gasteiger partial charge in [-0.25, -0.2) is 0 Å². The van der Waals surface area contributed by atoms with Gasteiger partial charge in [-0.15, -0.1) is 0 Å². The van der Waals surface area contributed by atoms with Crippen molar-refractivity contribution in [3.63, 3.8) is 0 Å². The Morgan fingerprint density at radius 3 is 2.18 bits per heavy atom. The van der Waals surface area contributed by atoms with Crippen molar-refractivity contribution in [2.75, 3.05) is 6.61 Å². The number of allylic oxidation sites excluding steroid dienone is 4. The molecule has 1 aliphatic heterocycles. The molecule has 51 heavy (non-hydrogen) atoms. The molecular formula is C39H56O12. The second-order valence-corrected chi connectivity index (χ2v) is 17.5. The highest BCUT2D eigenvalue weighted by Gasteiger charge is 2.73. The van der Waals surface area contributed by atoms with E-state index in [0.717, 1.165) is 5.57 Å². The third kappa shape index (κ3) is 6.43. The van der Waals surface area contributed by atoms with Gasteiger partial charge in [-0.2, -0.15) is 0 Å². The highest BCUT2D eigenvalue weighted by molar-refractivity contribution is 6.01. The number of aliphatic hydroxyl groups is 4. The first-order valence-electron chi connectivity index (χ1n) is 18.0. The first kappa shape index (κ1) is 39.3. The van der Waals surface area contributed by atoms with Crippen LogP contribution in [-0.4, -0.2) is 92.4 Å². The average molecular weight is 717 g/mol. The summed E-state index contributed by atoms with van der Waals surface area (Å²) >= 11 is 0. The van der Waals surface area contributed by atoms with E-state index in [4.69, 9.17) is 18.9 Å². The van der Waals surface area contributed by atoms with Crippen molar-refractivity contribution in [1.29, 1.82) is 0 Å². The van der Waals surface area contributed by atoms with Crippen molar-refractivity contribution < 1.29 is 58.6 Å². The zero-order valence-electron chi connectivity index (χ0n) is 31.5. The van der Waals surface area contributed by atoms with Crippen molar-refractivity contribution >= 4 is 23.5 Å². The van der Waals surface area contributed by atoms with Crippen LogP contribution in [0.2, 0.25) is 0 Å². The molecule has 1 heterocycles. The van der Waals surface area contributed by atoms with E-state index >= 15 is 0 Å². The predicted molar refractivity (Wildman–Crippen MR) is 184 cm³/mol. The zero-order valence-corrected chi connectivity index (χ0v) is 31.5. The average Bonchev–Trinajstić information content (AvgIpc) is 3.24. The maximum atomic E-state index is 14.0. The molecule has 1 saturated heterocycles. The van der Waals surface area contributed by atoms with Gasteiger partial charge < -0.3 is 39.4 Å². The molecule has 2 saturated carbocycles. The maximum Gasteiger partial charge on any atom is 0.303 e. The Morgan fingerprint density at radius 2 is 1.59 bits per heavy atom. The lowest BCUT2D eigenvalue weighted by Gasteiger charge is -2.64. The fourth-order valence-electron chi connectivity index (χ4n) is 10.6. The number of hydrogen-bond donors (Lipinski definition) is 4. The molecule has 284 valence electrons. The minimum absolute atomic E-state index is 0.0463. The summed E-state index contributed by atoms with van der Waals surface area (Å²) in [5.41, 5.74) is -4.95. The van der Waals surface area contributed by atoms with Crippen molar-refractivity contribution in [3.8, 4) is 0 Å². The van der Waals surface area contributed by atoms with Crippen molar-refractivity contribution in [3.05, 3.63) is 35.6 Å². The molecule has 12 nitrogen and oxygen atoms in total. The van der Waals surface area contributed by atoms with Crippen molar-refractivity contribution in [1.82, 2.24) is 0 Å². The molecule has 0 unspecified atom stereocenters. The van der Waals surface area contributed by atoms with E-state index < -0.39 is 87.2 Å². The Bertz CT molecular complexity index is 1550. The number of ketones is 2. The zero-order chi connectivity index (χ0) is 38.3. The molecule has 0 aromatic rings. The summed E-state index contributed by atoms with van der Waals surface area (Å²) in [5, 5.41) is 44.8. The number of ether oxygens (including phenoxy) is 4. The van der Waals surface area contributed by atoms with Gasteiger partial charge in [-0.3, -0.25) is 19.2 Å². The Morgan fingerprint density at radius 1 is 0.961 bits per heavy atom. The number of rotatable bonds is 8. The van der Waals surface area contributed by atoms with E-state index in [0.29, 0.717) is 25.7 Å². The molecular weight excluding hydrogens is 660 g/mol. The normalized spacial score (nSPS) is 41.7. The van der Waals surface area contributed by atoms with Crippen LogP contribution in [0.1, 0.15) is 94.9 Å². The molecule has 0 bridgehead atoms. The van der Waals surface area contributed by atoms with E-state index in [1.165, 1.54) is 46.8 Å². The number of fused-ring (bicyclic) bond motifs is 5. The molecule has 5 rings (SSSR count). The summed E-state index contributed by atoms with van der Waals surface area (Å²) < 4.78 is 23.4. The van der Waals surface area contributed by atoms with Crippen LogP contribution in [0, 0.1) is 39.4 Å². The van der Waals surface area contributed by atoms with Gasteiger partial charge in [0.25, 0.3) is 0 Å². The van der Waals surface area contributed by atoms with Crippen molar-refractivity contribution in [2.45, 2.75) is 137 Å². The second kappa shape index (κ2) is 12.9. The van der Waals surface area contributed by atoms with Crippen LogP contribution in [0.3, 0.4) is 0 Å². The summed E-state index contributed by atoms with van der Waals surface area (Å²) in [6.45, 7) is 16.7. The number of Topliss-reactive ketones (excluding diaryl/α,β-unsaturated/α-hetero) is 1. The van der Waals surface area contributed by atoms with E-state index in [1.807, 2.05) is 13.8 Å². The molecule has 0 radical (unpaired) electrons. The fraction of sp³-hybridized carbons (Fsp3) is 0.744. The van der Waals surface area contributed by atoms with Gasteiger partial charge in [-0.1, -0.05) is 38.5 Å². The van der Waals surface area contributed by atoms with Gasteiger partial charge in [0, 0.05) is 25.7 Å². The Hall–Kier alpha value is -2.90. The van der Waals surface area contributed by atoms with Crippen LogP contribution < -0.4 is 0 Å². The Labute approximate surface area is 300 Å². The number of hydrogen-bond acceptors (Lipinski definition) is 12. The monoisotopic (exact) mass is 716 g/mol.